The van der Waals surface area contributed by atoms with Gasteiger partial charge in [-0.1, -0.05) is 23.7 Å². The van der Waals surface area contributed by atoms with Crippen molar-refractivity contribution < 1.29 is 23.9 Å². The molecule has 0 aromatic heterocycles. The first-order valence-electron chi connectivity index (χ1n) is 12.4. The van der Waals surface area contributed by atoms with Crippen LogP contribution in [0.4, 0.5) is 4.79 Å². The van der Waals surface area contributed by atoms with Gasteiger partial charge in [0.15, 0.2) is 0 Å². The summed E-state index contributed by atoms with van der Waals surface area (Å²) in [7, 11) is 0. The molecule has 0 unspecified atom stereocenters. The van der Waals surface area contributed by atoms with Crippen LogP contribution in [0.15, 0.2) is 24.3 Å². The number of carbonyl (C=O) groups excluding carboxylic acids is 3. The second kappa shape index (κ2) is 10.6. The number of nitrogens with zero attached hydrogens (tertiary/aromatic N) is 2. The fourth-order valence-corrected chi connectivity index (χ4v) is 5.00. The van der Waals surface area contributed by atoms with E-state index in [0.29, 0.717) is 30.8 Å². The van der Waals surface area contributed by atoms with Crippen LogP contribution in [0, 0.1) is 0 Å². The first-order chi connectivity index (χ1) is 16.6. The summed E-state index contributed by atoms with van der Waals surface area (Å²) in [6.07, 6.45) is 1.39. The Morgan fingerprint density at radius 1 is 1.25 bits per heavy atom. The van der Waals surface area contributed by atoms with Crippen molar-refractivity contribution in [3.63, 3.8) is 0 Å². The molecule has 2 aliphatic heterocycles. The van der Waals surface area contributed by atoms with E-state index in [1.165, 1.54) is 4.90 Å². The molecule has 0 bridgehead atoms. The van der Waals surface area contributed by atoms with Crippen LogP contribution >= 0.6 is 11.6 Å². The first-order valence-corrected chi connectivity index (χ1v) is 12.8. The van der Waals surface area contributed by atoms with Gasteiger partial charge in [-0.3, -0.25) is 14.5 Å². The number of carbonyl (C=O) groups is 3. The summed E-state index contributed by atoms with van der Waals surface area (Å²) in [5.74, 6) is -0.696. The number of halogens is 1. The van der Waals surface area contributed by atoms with Gasteiger partial charge in [-0.05, 0) is 78.5 Å². The fourth-order valence-electron chi connectivity index (χ4n) is 4.88. The molecule has 2 fully saturated rings. The van der Waals surface area contributed by atoms with Crippen LogP contribution in [-0.4, -0.2) is 76.4 Å². The molecular formula is C26H39ClN4O5. The third-order valence-electron chi connectivity index (χ3n) is 6.49. The zero-order valence-electron chi connectivity index (χ0n) is 22.1. The SMILES string of the molecule is C[C@H](N)C(=O)N1[C@H](C(=O)N[C@@]2(Cc3ccc(Cl)cc3)CCCN(C(=O)OC(C)(C)C)C2)COC1(C)C. The number of nitrogens with two attached hydrogens (primary N) is 1. The lowest BCUT2D eigenvalue weighted by Gasteiger charge is -2.44. The summed E-state index contributed by atoms with van der Waals surface area (Å²) in [6, 6.07) is 5.82. The maximum absolute atomic E-state index is 13.7. The van der Waals surface area contributed by atoms with Crippen molar-refractivity contribution in [2.75, 3.05) is 19.7 Å². The van der Waals surface area contributed by atoms with Crippen LogP contribution in [0.5, 0.6) is 0 Å². The van der Waals surface area contributed by atoms with Crippen LogP contribution < -0.4 is 11.1 Å². The molecule has 2 heterocycles. The van der Waals surface area contributed by atoms with Crippen LogP contribution in [0.3, 0.4) is 0 Å². The van der Waals surface area contributed by atoms with E-state index < -0.39 is 35.0 Å². The topological polar surface area (TPSA) is 114 Å². The Bertz CT molecular complexity index is 976. The summed E-state index contributed by atoms with van der Waals surface area (Å²) in [6.45, 7) is 11.4. The quantitative estimate of drug-likeness (QED) is 0.614. The highest BCUT2D eigenvalue weighted by Crippen LogP contribution is 2.31. The number of amides is 3. The number of likely N-dealkylation sites (tertiary alicyclic amines) is 1. The third-order valence-corrected chi connectivity index (χ3v) is 6.74. The second-order valence-electron chi connectivity index (χ2n) is 11.3. The molecule has 0 aliphatic carbocycles. The molecule has 0 spiro atoms. The Labute approximate surface area is 218 Å². The number of nitrogens with one attached hydrogen (secondary N) is 1. The molecule has 3 amide bonds. The van der Waals surface area contributed by atoms with E-state index in [0.717, 1.165) is 5.56 Å². The van der Waals surface area contributed by atoms with E-state index in [2.05, 4.69) is 5.32 Å². The van der Waals surface area contributed by atoms with Gasteiger partial charge < -0.3 is 25.4 Å². The lowest BCUT2D eigenvalue weighted by molar-refractivity contribution is -0.151. The summed E-state index contributed by atoms with van der Waals surface area (Å²) in [5.41, 5.74) is 4.48. The van der Waals surface area contributed by atoms with Crippen molar-refractivity contribution in [1.82, 2.24) is 15.1 Å². The minimum Gasteiger partial charge on any atom is -0.444 e. The van der Waals surface area contributed by atoms with E-state index in [9.17, 15) is 14.4 Å². The van der Waals surface area contributed by atoms with Gasteiger partial charge >= 0.3 is 6.09 Å². The lowest BCUT2D eigenvalue weighted by Crippen LogP contribution is -2.65. The average molecular weight is 523 g/mol. The van der Waals surface area contributed by atoms with Gasteiger partial charge in [0.1, 0.15) is 17.4 Å². The maximum atomic E-state index is 13.7. The van der Waals surface area contributed by atoms with Crippen molar-refractivity contribution in [1.29, 1.82) is 0 Å². The summed E-state index contributed by atoms with van der Waals surface area (Å²) in [4.78, 5) is 42.6. The Hall–Kier alpha value is -2.36. The lowest BCUT2D eigenvalue weighted by atomic mass is 9.82. The first kappa shape index (κ1) is 28.2. The van der Waals surface area contributed by atoms with Crippen molar-refractivity contribution in [3.8, 4) is 0 Å². The Morgan fingerprint density at radius 3 is 2.47 bits per heavy atom. The van der Waals surface area contributed by atoms with Crippen molar-refractivity contribution in [3.05, 3.63) is 34.9 Å². The summed E-state index contributed by atoms with van der Waals surface area (Å²) in [5, 5.41) is 3.83. The Kier molecular flexibility index (Phi) is 8.27. The molecule has 1 aromatic rings. The van der Waals surface area contributed by atoms with E-state index in [4.69, 9.17) is 26.8 Å². The normalized spacial score (nSPS) is 24.8. The summed E-state index contributed by atoms with van der Waals surface area (Å²) >= 11 is 6.08. The minimum absolute atomic E-state index is 0.0596. The zero-order chi connectivity index (χ0) is 26.9. The molecule has 0 radical (unpaired) electrons. The van der Waals surface area contributed by atoms with Crippen LogP contribution in [0.25, 0.3) is 0 Å². The summed E-state index contributed by atoms with van der Waals surface area (Å²) < 4.78 is 11.4. The monoisotopic (exact) mass is 522 g/mol. The van der Waals surface area contributed by atoms with Gasteiger partial charge in [0.2, 0.25) is 11.8 Å². The molecule has 3 atom stereocenters. The number of rotatable bonds is 5. The molecule has 10 heteroatoms. The standard InChI is InChI=1S/C26H39ClN4O5/c1-17(28)22(33)31-20(15-35-25(31,5)6)21(32)29-26(14-18-8-10-19(27)11-9-18)12-7-13-30(16-26)23(34)36-24(2,3)4/h8-11,17,20H,7,12-16,28H2,1-6H3,(H,29,32)/t17-,20-,26+/m0/s1. The van der Waals surface area contributed by atoms with Crippen LogP contribution in [0.2, 0.25) is 5.02 Å². The van der Waals surface area contributed by atoms with E-state index >= 15 is 0 Å². The smallest absolute Gasteiger partial charge is 0.410 e. The van der Waals surface area contributed by atoms with E-state index in [1.54, 1.807) is 37.8 Å². The van der Waals surface area contributed by atoms with Crippen LogP contribution in [-0.2, 0) is 25.5 Å². The molecule has 3 rings (SSSR count). The third kappa shape index (κ3) is 6.69. The zero-order valence-corrected chi connectivity index (χ0v) is 22.9. The molecule has 9 nitrogen and oxygen atoms in total. The number of benzene rings is 1. The van der Waals surface area contributed by atoms with Crippen molar-refractivity contribution in [2.45, 2.75) is 89.8 Å². The minimum atomic E-state index is -0.967. The molecule has 3 N–H and O–H groups in total. The predicted octanol–water partition coefficient (Wildman–Crippen LogP) is 3.08. The highest BCUT2D eigenvalue weighted by atomic mass is 35.5. The molecular weight excluding hydrogens is 484 g/mol. The highest BCUT2D eigenvalue weighted by molar-refractivity contribution is 6.30. The van der Waals surface area contributed by atoms with Gasteiger partial charge in [-0.2, -0.15) is 0 Å². The van der Waals surface area contributed by atoms with Crippen molar-refractivity contribution >= 4 is 29.5 Å². The van der Waals surface area contributed by atoms with Crippen molar-refractivity contribution in [2.24, 2.45) is 5.73 Å². The fraction of sp³-hybridized carbons (Fsp3) is 0.654. The average Bonchev–Trinajstić information content (AvgIpc) is 3.08. The van der Waals surface area contributed by atoms with E-state index in [1.807, 2.05) is 32.9 Å². The number of ether oxygens (including phenoxy) is 2. The Morgan fingerprint density at radius 2 is 1.89 bits per heavy atom. The highest BCUT2D eigenvalue weighted by Gasteiger charge is 2.49. The molecule has 200 valence electrons. The van der Waals surface area contributed by atoms with Gasteiger partial charge in [-0.25, -0.2) is 4.79 Å². The van der Waals surface area contributed by atoms with Gasteiger partial charge in [0, 0.05) is 18.1 Å². The number of piperidine rings is 1. The number of hydrogen-bond acceptors (Lipinski definition) is 6. The predicted molar refractivity (Wildman–Crippen MR) is 137 cm³/mol. The largest absolute Gasteiger partial charge is 0.444 e. The maximum Gasteiger partial charge on any atom is 0.410 e. The number of hydrogen-bond donors (Lipinski definition) is 2. The second-order valence-corrected chi connectivity index (χ2v) is 11.8. The Balaban J connectivity index is 1.89. The van der Waals surface area contributed by atoms with Gasteiger partial charge in [0.05, 0.1) is 18.2 Å². The molecule has 1 aromatic carbocycles. The molecule has 36 heavy (non-hydrogen) atoms. The van der Waals surface area contributed by atoms with E-state index in [-0.39, 0.29) is 25.0 Å². The molecule has 2 aliphatic rings. The molecule has 0 saturated carbocycles. The molecule has 2 saturated heterocycles. The van der Waals surface area contributed by atoms with Gasteiger partial charge in [0.25, 0.3) is 0 Å². The van der Waals surface area contributed by atoms with Crippen LogP contribution in [0.1, 0.15) is 59.9 Å². The van der Waals surface area contributed by atoms with Gasteiger partial charge in [-0.15, -0.1) is 0 Å².